The zero-order valence-corrected chi connectivity index (χ0v) is 12.8. The molecule has 0 aromatic heterocycles. The Bertz CT molecular complexity index is 377. The quantitative estimate of drug-likeness (QED) is 0.707. The van der Waals surface area contributed by atoms with Crippen molar-refractivity contribution in [3.63, 3.8) is 0 Å². The molecule has 0 spiro atoms. The molecule has 0 bridgehead atoms. The number of halogens is 1. The zero-order valence-electron chi connectivity index (χ0n) is 12.8. The average molecular weight is 294 g/mol. The van der Waals surface area contributed by atoms with Crippen molar-refractivity contribution in [2.45, 2.75) is 51.2 Å². The Morgan fingerprint density at radius 2 is 1.71 bits per heavy atom. The summed E-state index contributed by atoms with van der Waals surface area (Å²) in [6, 6.07) is 0. The highest BCUT2D eigenvalue weighted by molar-refractivity contribution is 4.98. The van der Waals surface area contributed by atoms with Crippen LogP contribution in [0, 0.1) is 23.7 Å². The fourth-order valence-electron chi connectivity index (χ4n) is 4.00. The van der Waals surface area contributed by atoms with E-state index in [1.54, 1.807) is 6.08 Å². The van der Waals surface area contributed by atoms with Crippen molar-refractivity contribution < 1.29 is 13.9 Å². The number of rotatable bonds is 3. The molecular weight excluding hydrogens is 267 g/mol. The van der Waals surface area contributed by atoms with E-state index in [1.165, 1.54) is 25.7 Å². The monoisotopic (exact) mass is 294 g/mol. The lowest BCUT2D eigenvalue weighted by molar-refractivity contribution is -0.233. The van der Waals surface area contributed by atoms with Crippen LogP contribution in [-0.4, -0.2) is 19.5 Å². The minimum absolute atomic E-state index is 0.0268. The van der Waals surface area contributed by atoms with Gasteiger partial charge in [0.1, 0.15) is 0 Å². The molecule has 118 valence electrons. The molecule has 1 unspecified atom stereocenters. The van der Waals surface area contributed by atoms with E-state index in [1.807, 2.05) is 0 Å². The molecule has 1 saturated carbocycles. The lowest BCUT2D eigenvalue weighted by Crippen LogP contribution is -2.40. The maximum atomic E-state index is 13.1. The van der Waals surface area contributed by atoms with Gasteiger partial charge >= 0.3 is 0 Å². The normalized spacial score (nSPS) is 41.4. The van der Waals surface area contributed by atoms with Gasteiger partial charge in [0.15, 0.2) is 6.29 Å². The molecule has 2 fully saturated rings. The van der Waals surface area contributed by atoms with Crippen molar-refractivity contribution in [2.24, 2.45) is 23.7 Å². The van der Waals surface area contributed by atoms with Gasteiger partial charge in [-0.2, -0.15) is 0 Å². The van der Waals surface area contributed by atoms with Crippen molar-refractivity contribution in [3.05, 3.63) is 24.6 Å². The minimum atomic E-state index is -0.116. The lowest BCUT2D eigenvalue weighted by Gasteiger charge is -2.39. The van der Waals surface area contributed by atoms with Gasteiger partial charge < -0.3 is 9.47 Å². The summed E-state index contributed by atoms with van der Waals surface area (Å²) >= 11 is 0. The first-order valence-corrected chi connectivity index (χ1v) is 8.46. The second kappa shape index (κ2) is 7.06. The summed E-state index contributed by atoms with van der Waals surface area (Å²) < 4.78 is 25.0. The Morgan fingerprint density at radius 1 is 1.00 bits per heavy atom. The van der Waals surface area contributed by atoms with Crippen LogP contribution >= 0.6 is 0 Å². The van der Waals surface area contributed by atoms with Gasteiger partial charge in [-0.15, -0.1) is 6.58 Å². The van der Waals surface area contributed by atoms with Crippen LogP contribution in [0.1, 0.15) is 44.9 Å². The second-order valence-corrected chi connectivity index (χ2v) is 6.89. The van der Waals surface area contributed by atoms with E-state index in [-0.39, 0.29) is 12.1 Å². The van der Waals surface area contributed by atoms with Crippen LogP contribution in [0.5, 0.6) is 0 Å². The first-order valence-electron chi connectivity index (χ1n) is 8.46. The molecule has 1 saturated heterocycles. The minimum Gasteiger partial charge on any atom is -0.352 e. The van der Waals surface area contributed by atoms with Crippen LogP contribution in [0.3, 0.4) is 0 Å². The van der Waals surface area contributed by atoms with Crippen molar-refractivity contribution in [1.82, 2.24) is 0 Å². The van der Waals surface area contributed by atoms with Gasteiger partial charge in [-0.05, 0) is 56.8 Å². The molecule has 1 heterocycles. The zero-order chi connectivity index (χ0) is 14.7. The highest BCUT2D eigenvalue weighted by atomic mass is 19.1. The van der Waals surface area contributed by atoms with Crippen molar-refractivity contribution in [3.8, 4) is 0 Å². The van der Waals surface area contributed by atoms with Crippen molar-refractivity contribution >= 4 is 0 Å². The third kappa shape index (κ3) is 3.75. The average Bonchev–Trinajstić information content (AvgIpc) is 2.56. The Labute approximate surface area is 127 Å². The van der Waals surface area contributed by atoms with Crippen LogP contribution in [0.4, 0.5) is 4.39 Å². The Balaban J connectivity index is 1.44. The Kier molecular flexibility index (Phi) is 5.12. The highest BCUT2D eigenvalue weighted by Gasteiger charge is 2.34. The van der Waals surface area contributed by atoms with Gasteiger partial charge in [0.05, 0.1) is 19.0 Å². The van der Waals surface area contributed by atoms with Gasteiger partial charge in [-0.25, -0.2) is 4.39 Å². The molecule has 3 heteroatoms. The first kappa shape index (κ1) is 15.2. The Morgan fingerprint density at radius 3 is 2.29 bits per heavy atom. The smallest absolute Gasteiger partial charge is 0.160 e. The SMILES string of the molecule is C=C[C@H]1CC[C@H]([C@H]2CO[C@H](C3CC=C(F)CC3)OC2)CC1. The summed E-state index contributed by atoms with van der Waals surface area (Å²) in [4.78, 5) is 0. The van der Waals surface area contributed by atoms with Gasteiger partial charge in [-0.3, -0.25) is 0 Å². The third-order valence-corrected chi connectivity index (χ3v) is 5.55. The van der Waals surface area contributed by atoms with E-state index < -0.39 is 0 Å². The standard InChI is InChI=1S/C18H27FO2/c1-2-13-3-5-14(6-4-13)16-11-20-18(21-12-16)15-7-9-17(19)10-8-15/h2,9,13-16,18H,1,3-8,10-12H2/t13-,14-,15?,16-,18-. The molecule has 21 heavy (non-hydrogen) atoms. The van der Waals surface area contributed by atoms with E-state index >= 15 is 0 Å². The lowest BCUT2D eigenvalue weighted by atomic mass is 9.76. The molecule has 0 amide bonds. The van der Waals surface area contributed by atoms with Crippen LogP contribution < -0.4 is 0 Å². The maximum absolute atomic E-state index is 13.1. The largest absolute Gasteiger partial charge is 0.352 e. The van der Waals surface area contributed by atoms with Crippen molar-refractivity contribution in [1.29, 1.82) is 0 Å². The molecule has 2 aliphatic carbocycles. The van der Waals surface area contributed by atoms with Crippen LogP contribution in [0.2, 0.25) is 0 Å². The Hall–Kier alpha value is -0.670. The molecule has 2 nitrogen and oxygen atoms in total. The fraction of sp³-hybridized carbons (Fsp3) is 0.778. The van der Waals surface area contributed by atoms with Gasteiger partial charge in [0, 0.05) is 11.8 Å². The van der Waals surface area contributed by atoms with E-state index in [4.69, 9.17) is 9.47 Å². The predicted molar refractivity (Wildman–Crippen MR) is 81.4 cm³/mol. The highest BCUT2D eigenvalue weighted by Crippen LogP contribution is 2.37. The van der Waals surface area contributed by atoms with Crippen LogP contribution in [0.25, 0.3) is 0 Å². The molecule has 1 aliphatic heterocycles. The van der Waals surface area contributed by atoms with E-state index in [0.29, 0.717) is 24.2 Å². The molecule has 0 N–H and O–H groups in total. The first-order chi connectivity index (χ1) is 10.3. The van der Waals surface area contributed by atoms with Crippen LogP contribution in [0.15, 0.2) is 24.6 Å². The van der Waals surface area contributed by atoms with E-state index in [0.717, 1.165) is 32.0 Å². The molecular formula is C18H27FO2. The second-order valence-electron chi connectivity index (χ2n) is 6.89. The molecule has 0 aromatic rings. The third-order valence-electron chi connectivity index (χ3n) is 5.55. The number of hydrogen-bond acceptors (Lipinski definition) is 2. The number of ether oxygens (including phenoxy) is 2. The molecule has 0 radical (unpaired) electrons. The van der Waals surface area contributed by atoms with Crippen molar-refractivity contribution in [2.75, 3.05) is 13.2 Å². The summed E-state index contributed by atoms with van der Waals surface area (Å²) in [6.07, 6.45) is 10.9. The summed E-state index contributed by atoms with van der Waals surface area (Å²) in [6.45, 7) is 5.54. The van der Waals surface area contributed by atoms with Crippen LogP contribution in [-0.2, 0) is 9.47 Å². The summed E-state index contributed by atoms with van der Waals surface area (Å²) in [5.74, 6) is 2.36. The fourth-order valence-corrected chi connectivity index (χ4v) is 4.00. The number of hydrogen-bond donors (Lipinski definition) is 0. The molecule has 3 aliphatic rings. The molecule has 0 aromatic carbocycles. The predicted octanol–water partition coefficient (Wildman–Crippen LogP) is 4.62. The molecule has 3 rings (SSSR count). The maximum Gasteiger partial charge on any atom is 0.160 e. The summed E-state index contributed by atoms with van der Waals surface area (Å²) in [5.41, 5.74) is 0. The van der Waals surface area contributed by atoms with E-state index in [9.17, 15) is 4.39 Å². The topological polar surface area (TPSA) is 18.5 Å². The summed E-state index contributed by atoms with van der Waals surface area (Å²) in [7, 11) is 0. The van der Waals surface area contributed by atoms with Gasteiger partial charge in [-0.1, -0.05) is 12.2 Å². The van der Waals surface area contributed by atoms with Gasteiger partial charge in [0.2, 0.25) is 0 Å². The summed E-state index contributed by atoms with van der Waals surface area (Å²) in [5, 5.41) is 0. The van der Waals surface area contributed by atoms with E-state index in [2.05, 4.69) is 12.7 Å². The van der Waals surface area contributed by atoms with Gasteiger partial charge in [0.25, 0.3) is 0 Å². The number of allylic oxidation sites excluding steroid dienone is 3. The molecule has 1 atom stereocenters.